The molecule has 0 bridgehead atoms. The van der Waals surface area contributed by atoms with Crippen LogP contribution in [0.3, 0.4) is 0 Å². The molecule has 0 spiro atoms. The molecule has 2 aliphatic heterocycles. The van der Waals surface area contributed by atoms with Crippen molar-refractivity contribution in [3.8, 4) is 5.75 Å². The van der Waals surface area contributed by atoms with Crippen LogP contribution in [0.15, 0.2) is 24.3 Å². The Morgan fingerprint density at radius 3 is 2.75 bits per heavy atom. The molecule has 24 heavy (non-hydrogen) atoms. The van der Waals surface area contributed by atoms with Crippen LogP contribution in [0.25, 0.3) is 0 Å². The maximum absolute atomic E-state index is 13.0. The maximum atomic E-state index is 13.0. The van der Waals surface area contributed by atoms with Crippen LogP contribution < -0.4 is 4.74 Å². The van der Waals surface area contributed by atoms with Crippen LogP contribution in [-0.2, 0) is 9.47 Å². The quantitative estimate of drug-likeness (QED) is 0.832. The number of fused-ring (bicyclic) bond motifs is 1. The van der Waals surface area contributed by atoms with Gasteiger partial charge in [0, 0.05) is 18.8 Å². The first-order valence-corrected chi connectivity index (χ1v) is 8.94. The van der Waals surface area contributed by atoms with Crippen molar-refractivity contribution in [2.75, 3.05) is 26.9 Å². The number of methoxy groups -OCH3 is 1. The number of benzene rings is 1. The van der Waals surface area contributed by atoms with E-state index in [1.807, 2.05) is 29.2 Å². The van der Waals surface area contributed by atoms with E-state index in [1.54, 1.807) is 7.11 Å². The van der Waals surface area contributed by atoms with Gasteiger partial charge in [-0.2, -0.15) is 0 Å². The van der Waals surface area contributed by atoms with Crippen molar-refractivity contribution in [1.29, 1.82) is 0 Å². The minimum absolute atomic E-state index is 0.0121. The number of rotatable bonds is 5. The predicted molar refractivity (Wildman–Crippen MR) is 89.3 cm³/mol. The van der Waals surface area contributed by atoms with Crippen molar-refractivity contribution in [2.24, 2.45) is 5.92 Å². The average Bonchev–Trinajstić information content (AvgIpc) is 3.40. The van der Waals surface area contributed by atoms with E-state index in [4.69, 9.17) is 14.2 Å². The van der Waals surface area contributed by atoms with Crippen LogP contribution in [0, 0.1) is 5.92 Å². The lowest BCUT2D eigenvalue weighted by atomic mass is 10.0. The second-order valence-electron chi connectivity index (χ2n) is 7.05. The highest BCUT2D eigenvalue weighted by Crippen LogP contribution is 2.34. The monoisotopic (exact) mass is 331 g/mol. The largest absolute Gasteiger partial charge is 0.497 e. The Hall–Kier alpha value is -1.59. The maximum Gasteiger partial charge on any atom is 0.254 e. The van der Waals surface area contributed by atoms with E-state index in [-0.39, 0.29) is 24.2 Å². The zero-order valence-electron chi connectivity index (χ0n) is 14.1. The van der Waals surface area contributed by atoms with Gasteiger partial charge in [0.15, 0.2) is 0 Å². The number of nitrogens with zero attached hydrogens (tertiary/aromatic N) is 1. The first-order chi connectivity index (χ1) is 11.8. The van der Waals surface area contributed by atoms with E-state index in [0.29, 0.717) is 12.1 Å². The van der Waals surface area contributed by atoms with E-state index in [9.17, 15) is 4.79 Å². The normalized spacial score (nSPS) is 29.4. The number of amides is 1. The van der Waals surface area contributed by atoms with Crippen LogP contribution in [0.1, 0.15) is 36.0 Å². The first kappa shape index (κ1) is 15.9. The smallest absolute Gasteiger partial charge is 0.254 e. The van der Waals surface area contributed by atoms with Gasteiger partial charge >= 0.3 is 0 Å². The molecule has 4 rings (SSSR count). The number of hydrogen-bond acceptors (Lipinski definition) is 4. The summed E-state index contributed by atoms with van der Waals surface area (Å²) in [5.74, 6) is 1.55. The van der Waals surface area contributed by atoms with Crippen LogP contribution in [-0.4, -0.2) is 55.9 Å². The molecule has 5 heteroatoms. The van der Waals surface area contributed by atoms with Gasteiger partial charge in [-0.1, -0.05) is 0 Å². The highest BCUT2D eigenvalue weighted by Gasteiger charge is 2.47. The molecule has 0 radical (unpaired) electrons. The summed E-state index contributed by atoms with van der Waals surface area (Å²) in [4.78, 5) is 14.9. The van der Waals surface area contributed by atoms with E-state index in [1.165, 1.54) is 12.8 Å². The third-order valence-corrected chi connectivity index (χ3v) is 5.32. The van der Waals surface area contributed by atoms with Crippen molar-refractivity contribution in [2.45, 2.75) is 43.9 Å². The highest BCUT2D eigenvalue weighted by atomic mass is 16.5. The van der Waals surface area contributed by atoms with Gasteiger partial charge in [0.25, 0.3) is 5.91 Å². The van der Waals surface area contributed by atoms with Crippen molar-refractivity contribution < 1.29 is 19.0 Å². The average molecular weight is 331 g/mol. The molecule has 0 N–H and O–H groups in total. The molecule has 3 fully saturated rings. The first-order valence-electron chi connectivity index (χ1n) is 8.94. The molecule has 0 unspecified atom stereocenters. The second-order valence-corrected chi connectivity index (χ2v) is 7.05. The SMILES string of the molecule is COc1ccc(C(=O)N2C[C@H](OCC3CC3)[C@@H]3OCCC[C@@H]32)cc1. The number of carbonyl (C=O) groups is 1. The van der Waals surface area contributed by atoms with Gasteiger partial charge in [-0.25, -0.2) is 0 Å². The fraction of sp³-hybridized carbons (Fsp3) is 0.632. The summed E-state index contributed by atoms with van der Waals surface area (Å²) < 4.78 is 17.3. The fourth-order valence-corrected chi connectivity index (χ4v) is 3.73. The molecule has 3 atom stereocenters. The lowest BCUT2D eigenvalue weighted by Crippen LogP contribution is -2.43. The molecule has 2 heterocycles. The van der Waals surface area contributed by atoms with Crippen molar-refractivity contribution in [3.05, 3.63) is 29.8 Å². The fourth-order valence-electron chi connectivity index (χ4n) is 3.73. The van der Waals surface area contributed by atoms with E-state index in [2.05, 4.69) is 0 Å². The summed E-state index contributed by atoms with van der Waals surface area (Å²) in [5.41, 5.74) is 0.697. The molecule has 1 amide bonds. The number of ether oxygens (including phenoxy) is 3. The number of hydrogen-bond donors (Lipinski definition) is 0. The van der Waals surface area contributed by atoms with E-state index in [0.717, 1.165) is 37.7 Å². The Labute approximate surface area is 142 Å². The molecule has 1 aliphatic carbocycles. The summed E-state index contributed by atoms with van der Waals surface area (Å²) in [6.07, 6.45) is 4.59. The van der Waals surface area contributed by atoms with Gasteiger partial charge in [-0.3, -0.25) is 4.79 Å². The van der Waals surface area contributed by atoms with Gasteiger partial charge in [0.2, 0.25) is 0 Å². The van der Waals surface area contributed by atoms with Gasteiger partial charge in [0.05, 0.1) is 19.7 Å². The standard InChI is InChI=1S/C19H25NO4/c1-22-15-8-6-14(7-9-15)19(21)20-11-17(24-12-13-4-5-13)18-16(20)3-2-10-23-18/h6-9,13,16-18H,2-5,10-12H2,1H3/t16-,17-,18+/m0/s1. The van der Waals surface area contributed by atoms with Crippen molar-refractivity contribution in [1.82, 2.24) is 4.90 Å². The van der Waals surface area contributed by atoms with Crippen LogP contribution in [0.4, 0.5) is 0 Å². The lowest BCUT2D eigenvalue weighted by Gasteiger charge is -2.32. The third-order valence-electron chi connectivity index (χ3n) is 5.32. The van der Waals surface area contributed by atoms with Gasteiger partial charge in [0.1, 0.15) is 18.0 Å². The molecular weight excluding hydrogens is 306 g/mol. The lowest BCUT2D eigenvalue weighted by molar-refractivity contribution is -0.0781. The summed E-state index contributed by atoms with van der Waals surface area (Å²) >= 11 is 0. The molecule has 1 aromatic carbocycles. The van der Waals surface area contributed by atoms with Crippen LogP contribution in [0.5, 0.6) is 5.75 Å². The Kier molecular flexibility index (Phi) is 4.46. The molecule has 1 aromatic rings. The minimum atomic E-state index is 0.0121. The minimum Gasteiger partial charge on any atom is -0.497 e. The Morgan fingerprint density at radius 1 is 1.25 bits per heavy atom. The van der Waals surface area contributed by atoms with Gasteiger partial charge in [-0.15, -0.1) is 0 Å². The molecule has 3 aliphatic rings. The molecule has 130 valence electrons. The van der Waals surface area contributed by atoms with E-state index < -0.39 is 0 Å². The molecule has 1 saturated carbocycles. The Balaban J connectivity index is 1.48. The molecule has 0 aromatic heterocycles. The van der Waals surface area contributed by atoms with Crippen LogP contribution >= 0.6 is 0 Å². The Morgan fingerprint density at radius 2 is 2.04 bits per heavy atom. The van der Waals surface area contributed by atoms with Gasteiger partial charge in [-0.05, 0) is 55.9 Å². The molecule has 5 nitrogen and oxygen atoms in total. The molecule has 2 saturated heterocycles. The van der Waals surface area contributed by atoms with E-state index >= 15 is 0 Å². The van der Waals surface area contributed by atoms with Crippen molar-refractivity contribution in [3.63, 3.8) is 0 Å². The zero-order chi connectivity index (χ0) is 16.5. The summed E-state index contributed by atoms with van der Waals surface area (Å²) in [7, 11) is 1.63. The predicted octanol–water partition coefficient (Wildman–Crippen LogP) is 2.49. The molecular formula is C19H25NO4. The van der Waals surface area contributed by atoms with Gasteiger partial charge < -0.3 is 19.1 Å². The second kappa shape index (κ2) is 6.73. The number of likely N-dealkylation sites (tertiary alicyclic amines) is 1. The number of carbonyl (C=O) groups excluding carboxylic acids is 1. The van der Waals surface area contributed by atoms with Crippen LogP contribution in [0.2, 0.25) is 0 Å². The highest BCUT2D eigenvalue weighted by molar-refractivity contribution is 5.94. The Bertz CT molecular complexity index is 584. The topological polar surface area (TPSA) is 48.0 Å². The summed E-state index contributed by atoms with van der Waals surface area (Å²) in [6.45, 7) is 2.21. The zero-order valence-corrected chi connectivity index (χ0v) is 14.1. The third kappa shape index (κ3) is 3.15. The summed E-state index contributed by atoms with van der Waals surface area (Å²) in [6, 6.07) is 7.46. The summed E-state index contributed by atoms with van der Waals surface area (Å²) in [5, 5.41) is 0. The van der Waals surface area contributed by atoms with Crippen molar-refractivity contribution >= 4 is 5.91 Å².